The molecule has 1 aromatic heterocycles. The monoisotopic (exact) mass is 364 g/mol. The highest BCUT2D eigenvalue weighted by atomic mass is 32.1. The van der Waals surface area contributed by atoms with Crippen molar-refractivity contribution in [1.29, 1.82) is 0 Å². The Morgan fingerprint density at radius 2 is 2.08 bits per heavy atom. The summed E-state index contributed by atoms with van der Waals surface area (Å²) in [6, 6.07) is 6.21. The molecule has 0 aliphatic rings. The van der Waals surface area contributed by atoms with Crippen LogP contribution in [0.2, 0.25) is 0 Å². The molecule has 0 spiro atoms. The molecule has 0 radical (unpaired) electrons. The normalized spacial score (nSPS) is 12.9. The maximum atomic E-state index is 13.7. The van der Waals surface area contributed by atoms with Gasteiger partial charge >= 0.3 is 0 Å². The van der Waals surface area contributed by atoms with Crippen molar-refractivity contribution in [2.24, 2.45) is 4.99 Å². The van der Waals surface area contributed by atoms with E-state index < -0.39 is 11.9 Å². The van der Waals surface area contributed by atoms with Crippen LogP contribution in [0, 0.1) is 19.7 Å². The molecule has 136 valence electrons. The Kier molecular flexibility index (Phi) is 7.33. The lowest BCUT2D eigenvalue weighted by atomic mass is 10.1. The summed E-state index contributed by atoms with van der Waals surface area (Å²) in [5, 5.41) is 17.6. The van der Waals surface area contributed by atoms with E-state index in [1.807, 2.05) is 13.8 Å². The summed E-state index contributed by atoms with van der Waals surface area (Å²) in [6.07, 6.45) is -0.166. The van der Waals surface area contributed by atoms with E-state index in [0.29, 0.717) is 19.0 Å². The zero-order valence-electron chi connectivity index (χ0n) is 14.8. The molecule has 25 heavy (non-hydrogen) atoms. The minimum Gasteiger partial charge on any atom is -0.386 e. The summed E-state index contributed by atoms with van der Waals surface area (Å²) in [7, 11) is 0. The molecule has 1 aromatic carbocycles. The van der Waals surface area contributed by atoms with Crippen molar-refractivity contribution < 1.29 is 9.50 Å². The van der Waals surface area contributed by atoms with E-state index in [2.05, 4.69) is 27.5 Å². The molecule has 2 rings (SSSR count). The smallest absolute Gasteiger partial charge is 0.191 e. The molecule has 0 aliphatic heterocycles. The van der Waals surface area contributed by atoms with Crippen molar-refractivity contribution in [3.05, 3.63) is 51.2 Å². The highest BCUT2D eigenvalue weighted by Gasteiger charge is 2.12. The molecular weight excluding hydrogens is 339 g/mol. The Hall–Kier alpha value is -1.99. The zero-order chi connectivity index (χ0) is 18.2. The van der Waals surface area contributed by atoms with Gasteiger partial charge in [-0.1, -0.05) is 18.2 Å². The van der Waals surface area contributed by atoms with Crippen molar-refractivity contribution in [1.82, 2.24) is 15.6 Å². The van der Waals surface area contributed by atoms with Gasteiger partial charge in [0.05, 0.1) is 17.2 Å². The lowest BCUT2D eigenvalue weighted by molar-refractivity contribution is 0.182. The lowest BCUT2D eigenvalue weighted by Crippen LogP contribution is -2.38. The number of aryl methyl sites for hydroxylation is 2. The van der Waals surface area contributed by atoms with Crippen molar-refractivity contribution in [2.75, 3.05) is 19.6 Å². The van der Waals surface area contributed by atoms with E-state index in [1.54, 1.807) is 29.5 Å². The molecule has 0 fully saturated rings. The SMILES string of the molecule is CCNC(=NCC(O)c1ccccc1F)NCCc1nc(C)c(C)s1. The molecule has 0 amide bonds. The van der Waals surface area contributed by atoms with Gasteiger partial charge in [-0.05, 0) is 26.8 Å². The molecule has 0 aliphatic carbocycles. The topological polar surface area (TPSA) is 69.5 Å². The molecule has 1 unspecified atom stereocenters. The summed E-state index contributed by atoms with van der Waals surface area (Å²) in [6.45, 7) is 7.53. The summed E-state index contributed by atoms with van der Waals surface area (Å²) < 4.78 is 13.7. The number of hydrogen-bond acceptors (Lipinski definition) is 4. The van der Waals surface area contributed by atoms with E-state index in [-0.39, 0.29) is 12.1 Å². The van der Waals surface area contributed by atoms with E-state index >= 15 is 0 Å². The Morgan fingerprint density at radius 3 is 2.72 bits per heavy atom. The summed E-state index contributed by atoms with van der Waals surface area (Å²) in [5.41, 5.74) is 1.34. The second-order valence-electron chi connectivity index (χ2n) is 5.68. The average molecular weight is 364 g/mol. The molecule has 1 atom stereocenters. The van der Waals surface area contributed by atoms with Crippen LogP contribution in [-0.4, -0.2) is 35.7 Å². The number of aliphatic hydroxyl groups is 1. The fourth-order valence-electron chi connectivity index (χ4n) is 2.30. The van der Waals surface area contributed by atoms with Crippen molar-refractivity contribution in [3.8, 4) is 0 Å². The maximum Gasteiger partial charge on any atom is 0.191 e. The maximum absolute atomic E-state index is 13.7. The number of aliphatic imine (C=N–C) groups is 1. The number of aromatic nitrogens is 1. The summed E-state index contributed by atoms with van der Waals surface area (Å²) >= 11 is 1.70. The van der Waals surface area contributed by atoms with Gasteiger partial charge in [0, 0.05) is 30.0 Å². The van der Waals surface area contributed by atoms with Crippen LogP contribution in [0.4, 0.5) is 4.39 Å². The van der Waals surface area contributed by atoms with E-state index in [4.69, 9.17) is 0 Å². The molecular formula is C18H25FN4OS. The Morgan fingerprint density at radius 1 is 1.32 bits per heavy atom. The van der Waals surface area contributed by atoms with Gasteiger partial charge in [0.1, 0.15) is 11.9 Å². The second-order valence-corrected chi connectivity index (χ2v) is 6.97. The lowest BCUT2D eigenvalue weighted by Gasteiger charge is -2.13. The van der Waals surface area contributed by atoms with Gasteiger partial charge in [-0.15, -0.1) is 11.3 Å². The van der Waals surface area contributed by atoms with E-state index in [0.717, 1.165) is 17.1 Å². The Labute approximate surface area is 152 Å². The number of nitrogens with one attached hydrogen (secondary N) is 2. The van der Waals surface area contributed by atoms with Gasteiger partial charge in [0.25, 0.3) is 0 Å². The molecule has 1 heterocycles. The molecule has 0 saturated heterocycles. The number of rotatable bonds is 7. The van der Waals surface area contributed by atoms with Gasteiger partial charge in [0.15, 0.2) is 5.96 Å². The van der Waals surface area contributed by atoms with E-state index in [1.165, 1.54) is 10.9 Å². The van der Waals surface area contributed by atoms with Crippen LogP contribution in [-0.2, 0) is 6.42 Å². The van der Waals surface area contributed by atoms with E-state index in [9.17, 15) is 9.50 Å². The van der Waals surface area contributed by atoms with Crippen LogP contribution in [0.25, 0.3) is 0 Å². The highest BCUT2D eigenvalue weighted by Crippen LogP contribution is 2.17. The molecule has 3 N–H and O–H groups in total. The Balaban J connectivity index is 1.90. The number of benzene rings is 1. The number of guanidine groups is 1. The first-order valence-electron chi connectivity index (χ1n) is 8.38. The largest absolute Gasteiger partial charge is 0.386 e. The third-order valence-corrected chi connectivity index (χ3v) is 4.87. The van der Waals surface area contributed by atoms with Crippen molar-refractivity contribution >= 4 is 17.3 Å². The molecule has 0 bridgehead atoms. The third-order valence-electron chi connectivity index (χ3n) is 3.73. The first kappa shape index (κ1) is 19.3. The van der Waals surface area contributed by atoms with Gasteiger partial charge < -0.3 is 15.7 Å². The average Bonchev–Trinajstić information content (AvgIpc) is 2.90. The van der Waals surface area contributed by atoms with Crippen LogP contribution < -0.4 is 10.6 Å². The molecule has 2 aromatic rings. The second kappa shape index (κ2) is 9.48. The van der Waals surface area contributed by atoms with Gasteiger partial charge in [-0.3, -0.25) is 4.99 Å². The number of thiazole rings is 1. The fraction of sp³-hybridized carbons (Fsp3) is 0.444. The third kappa shape index (κ3) is 5.79. The first-order chi connectivity index (χ1) is 12.0. The summed E-state index contributed by atoms with van der Waals surface area (Å²) in [5.74, 6) is 0.181. The van der Waals surface area contributed by atoms with Gasteiger partial charge in [-0.25, -0.2) is 9.37 Å². The van der Waals surface area contributed by atoms with Crippen molar-refractivity contribution in [3.63, 3.8) is 0 Å². The van der Waals surface area contributed by atoms with Crippen LogP contribution in [0.5, 0.6) is 0 Å². The minimum absolute atomic E-state index is 0.0890. The van der Waals surface area contributed by atoms with Crippen LogP contribution in [0.3, 0.4) is 0 Å². The van der Waals surface area contributed by atoms with Gasteiger partial charge in [0.2, 0.25) is 0 Å². The summed E-state index contributed by atoms with van der Waals surface area (Å²) in [4.78, 5) is 10.1. The number of hydrogen-bond donors (Lipinski definition) is 3. The van der Waals surface area contributed by atoms with Crippen LogP contribution in [0.1, 0.15) is 34.2 Å². The quantitative estimate of drug-likeness (QED) is 0.522. The highest BCUT2D eigenvalue weighted by molar-refractivity contribution is 7.11. The number of nitrogens with zero attached hydrogens (tertiary/aromatic N) is 2. The predicted octanol–water partition coefficient (Wildman–Crippen LogP) is 2.73. The standard InChI is InChI=1S/C18H25FN4OS/c1-4-20-18(21-10-9-17-23-12(2)13(3)25-17)22-11-16(24)14-7-5-6-8-15(14)19/h5-8,16,24H,4,9-11H2,1-3H3,(H2,20,21,22). The number of halogens is 1. The first-order valence-corrected chi connectivity index (χ1v) is 9.20. The predicted molar refractivity (Wildman–Crippen MR) is 101 cm³/mol. The molecule has 0 saturated carbocycles. The van der Waals surface area contributed by atoms with Gasteiger partial charge in [-0.2, -0.15) is 0 Å². The fourth-order valence-corrected chi connectivity index (χ4v) is 3.23. The molecule has 5 nitrogen and oxygen atoms in total. The Bertz CT molecular complexity index is 697. The van der Waals surface area contributed by atoms with Crippen LogP contribution in [0.15, 0.2) is 29.3 Å². The number of aliphatic hydroxyl groups excluding tert-OH is 1. The zero-order valence-corrected chi connectivity index (χ0v) is 15.7. The van der Waals surface area contributed by atoms with Crippen molar-refractivity contribution in [2.45, 2.75) is 33.3 Å². The molecule has 7 heteroatoms. The minimum atomic E-state index is -0.971. The van der Waals surface area contributed by atoms with Crippen LogP contribution >= 0.6 is 11.3 Å².